The van der Waals surface area contributed by atoms with Crippen LogP contribution in [0.15, 0.2) is 24.3 Å². The van der Waals surface area contributed by atoms with Crippen molar-refractivity contribution >= 4 is 23.5 Å². The molecule has 3 heteroatoms. The van der Waals surface area contributed by atoms with E-state index in [9.17, 15) is 0 Å². The number of aryl methyl sites for hydroxylation is 1. The number of likely N-dealkylation sites (N-methyl/N-ethyl adjacent to an activating group) is 1. The SMILES string of the molecule is CCNC(Cc1ccc(C)cc1)C1CSCCS1. The Bertz CT molecular complexity index is 344. The van der Waals surface area contributed by atoms with Gasteiger partial charge in [0.05, 0.1) is 0 Å². The maximum absolute atomic E-state index is 3.68. The molecule has 2 atom stereocenters. The maximum atomic E-state index is 3.68. The van der Waals surface area contributed by atoms with E-state index in [-0.39, 0.29) is 0 Å². The van der Waals surface area contributed by atoms with Crippen LogP contribution < -0.4 is 5.32 Å². The highest BCUT2D eigenvalue weighted by Gasteiger charge is 2.23. The zero-order valence-corrected chi connectivity index (χ0v) is 12.9. The number of hydrogen-bond donors (Lipinski definition) is 1. The van der Waals surface area contributed by atoms with Crippen molar-refractivity contribution in [2.75, 3.05) is 23.8 Å². The summed E-state index contributed by atoms with van der Waals surface area (Å²) in [5, 5.41) is 4.45. The van der Waals surface area contributed by atoms with Crippen LogP contribution in [0, 0.1) is 6.92 Å². The van der Waals surface area contributed by atoms with Crippen molar-refractivity contribution in [2.24, 2.45) is 0 Å². The predicted octanol–water partition coefficient (Wildman–Crippen LogP) is 3.36. The number of benzene rings is 1. The van der Waals surface area contributed by atoms with Crippen LogP contribution in [0.1, 0.15) is 18.1 Å². The van der Waals surface area contributed by atoms with Crippen molar-refractivity contribution in [1.29, 1.82) is 0 Å². The topological polar surface area (TPSA) is 12.0 Å². The monoisotopic (exact) mass is 281 g/mol. The van der Waals surface area contributed by atoms with Crippen molar-refractivity contribution in [3.05, 3.63) is 35.4 Å². The number of nitrogens with one attached hydrogen (secondary N) is 1. The lowest BCUT2D eigenvalue weighted by Gasteiger charge is -2.30. The first-order valence-corrected chi connectivity index (χ1v) is 8.98. The molecule has 18 heavy (non-hydrogen) atoms. The first-order chi connectivity index (χ1) is 8.79. The molecule has 0 bridgehead atoms. The van der Waals surface area contributed by atoms with Crippen molar-refractivity contribution < 1.29 is 0 Å². The molecule has 1 fully saturated rings. The van der Waals surface area contributed by atoms with Gasteiger partial charge in [0, 0.05) is 28.6 Å². The Hall–Kier alpha value is -0.120. The average Bonchev–Trinajstić information content (AvgIpc) is 2.42. The van der Waals surface area contributed by atoms with Crippen LogP contribution in [0.5, 0.6) is 0 Å². The Kier molecular flexibility index (Phi) is 5.93. The van der Waals surface area contributed by atoms with Gasteiger partial charge in [-0.15, -0.1) is 0 Å². The summed E-state index contributed by atoms with van der Waals surface area (Å²) in [6.45, 7) is 5.43. The van der Waals surface area contributed by atoms with Crippen molar-refractivity contribution in [1.82, 2.24) is 5.32 Å². The fourth-order valence-corrected chi connectivity index (χ4v) is 5.20. The molecule has 1 aliphatic rings. The van der Waals surface area contributed by atoms with Gasteiger partial charge in [0.1, 0.15) is 0 Å². The molecule has 2 rings (SSSR count). The van der Waals surface area contributed by atoms with Gasteiger partial charge in [-0.1, -0.05) is 36.8 Å². The summed E-state index contributed by atoms with van der Waals surface area (Å²) in [5.74, 6) is 3.93. The molecule has 1 heterocycles. The molecule has 0 amide bonds. The molecule has 100 valence electrons. The van der Waals surface area contributed by atoms with Crippen LogP contribution in [-0.4, -0.2) is 35.1 Å². The predicted molar refractivity (Wildman–Crippen MR) is 85.9 cm³/mol. The van der Waals surface area contributed by atoms with Crippen LogP contribution >= 0.6 is 23.5 Å². The highest BCUT2D eigenvalue weighted by molar-refractivity contribution is 8.06. The summed E-state index contributed by atoms with van der Waals surface area (Å²) in [6.07, 6.45) is 1.16. The van der Waals surface area contributed by atoms with Gasteiger partial charge in [0.15, 0.2) is 0 Å². The van der Waals surface area contributed by atoms with Gasteiger partial charge in [0.25, 0.3) is 0 Å². The summed E-state index contributed by atoms with van der Waals surface area (Å²) in [7, 11) is 0. The fourth-order valence-electron chi connectivity index (χ4n) is 2.31. The van der Waals surface area contributed by atoms with Gasteiger partial charge in [-0.2, -0.15) is 23.5 Å². The van der Waals surface area contributed by atoms with E-state index >= 15 is 0 Å². The Labute approximate surface area is 120 Å². The zero-order valence-electron chi connectivity index (χ0n) is 11.3. The summed E-state index contributed by atoms with van der Waals surface area (Å²) < 4.78 is 0. The molecule has 1 aliphatic heterocycles. The summed E-state index contributed by atoms with van der Waals surface area (Å²) in [6, 6.07) is 9.62. The van der Waals surface area contributed by atoms with Gasteiger partial charge in [-0.3, -0.25) is 0 Å². The third-order valence-electron chi connectivity index (χ3n) is 3.33. The molecule has 0 saturated carbocycles. The van der Waals surface area contributed by atoms with Gasteiger partial charge < -0.3 is 5.32 Å². The smallest absolute Gasteiger partial charge is 0.0295 e. The minimum atomic E-state index is 0.621. The van der Waals surface area contributed by atoms with Crippen LogP contribution in [-0.2, 0) is 6.42 Å². The van der Waals surface area contributed by atoms with Gasteiger partial charge >= 0.3 is 0 Å². The third-order valence-corrected chi connectivity index (χ3v) is 6.25. The second-order valence-electron chi connectivity index (χ2n) is 4.84. The Balaban J connectivity index is 1.98. The second-order valence-corrected chi connectivity index (χ2v) is 7.33. The Morgan fingerprint density at radius 1 is 1.28 bits per heavy atom. The first kappa shape index (κ1) is 14.3. The molecule has 1 N–H and O–H groups in total. The zero-order chi connectivity index (χ0) is 12.8. The third kappa shape index (κ3) is 4.22. The van der Waals surface area contributed by atoms with Gasteiger partial charge in [-0.05, 0) is 25.5 Å². The van der Waals surface area contributed by atoms with E-state index in [1.54, 1.807) is 0 Å². The van der Waals surface area contributed by atoms with Crippen LogP contribution in [0.25, 0.3) is 0 Å². The van der Waals surface area contributed by atoms with E-state index in [4.69, 9.17) is 0 Å². The number of thioether (sulfide) groups is 2. The summed E-state index contributed by atoms with van der Waals surface area (Å²) in [5.41, 5.74) is 2.81. The van der Waals surface area contributed by atoms with Crippen LogP contribution in [0.4, 0.5) is 0 Å². The van der Waals surface area contributed by atoms with Crippen molar-refractivity contribution in [3.8, 4) is 0 Å². The molecule has 1 nitrogen and oxygen atoms in total. The molecular formula is C15H23NS2. The highest BCUT2D eigenvalue weighted by atomic mass is 32.2. The largest absolute Gasteiger partial charge is 0.313 e. The molecule has 1 saturated heterocycles. The second kappa shape index (κ2) is 7.46. The van der Waals surface area contributed by atoms with E-state index < -0.39 is 0 Å². The molecule has 2 unspecified atom stereocenters. The fraction of sp³-hybridized carbons (Fsp3) is 0.600. The van der Waals surface area contributed by atoms with E-state index in [0.717, 1.165) is 18.2 Å². The molecule has 0 aromatic heterocycles. The molecule has 1 aromatic rings. The summed E-state index contributed by atoms with van der Waals surface area (Å²) >= 11 is 4.26. The minimum absolute atomic E-state index is 0.621. The van der Waals surface area contributed by atoms with Crippen LogP contribution in [0.3, 0.4) is 0 Å². The number of hydrogen-bond acceptors (Lipinski definition) is 3. The lowest BCUT2D eigenvalue weighted by molar-refractivity contribution is 0.522. The molecular weight excluding hydrogens is 258 g/mol. The highest BCUT2D eigenvalue weighted by Crippen LogP contribution is 2.27. The first-order valence-electron chi connectivity index (χ1n) is 6.78. The lowest BCUT2D eigenvalue weighted by Crippen LogP contribution is -2.42. The maximum Gasteiger partial charge on any atom is 0.0295 e. The lowest BCUT2D eigenvalue weighted by atomic mass is 10.0. The number of rotatable bonds is 5. The van der Waals surface area contributed by atoms with E-state index in [1.165, 1.54) is 28.4 Å². The Morgan fingerprint density at radius 3 is 2.67 bits per heavy atom. The van der Waals surface area contributed by atoms with Crippen molar-refractivity contribution in [2.45, 2.75) is 31.6 Å². The minimum Gasteiger partial charge on any atom is -0.313 e. The van der Waals surface area contributed by atoms with E-state index in [2.05, 4.69) is 67.0 Å². The molecule has 0 spiro atoms. The summed E-state index contributed by atoms with van der Waals surface area (Å²) in [4.78, 5) is 0. The van der Waals surface area contributed by atoms with Crippen molar-refractivity contribution in [3.63, 3.8) is 0 Å². The molecule has 0 aliphatic carbocycles. The molecule has 1 aromatic carbocycles. The average molecular weight is 281 g/mol. The van der Waals surface area contributed by atoms with Crippen LogP contribution in [0.2, 0.25) is 0 Å². The van der Waals surface area contributed by atoms with Gasteiger partial charge in [-0.25, -0.2) is 0 Å². The molecule has 0 radical (unpaired) electrons. The van der Waals surface area contributed by atoms with Gasteiger partial charge in [0.2, 0.25) is 0 Å². The quantitative estimate of drug-likeness (QED) is 0.889. The van der Waals surface area contributed by atoms with E-state index in [0.29, 0.717) is 6.04 Å². The normalized spacial score (nSPS) is 21.8. The standard InChI is InChI=1S/C15H23NS2/c1-3-16-14(15-11-17-8-9-18-15)10-13-6-4-12(2)5-7-13/h4-7,14-16H,3,8-11H2,1-2H3. The van der Waals surface area contributed by atoms with E-state index in [1.807, 2.05) is 0 Å². The Morgan fingerprint density at radius 2 is 2.06 bits per heavy atom.